The summed E-state index contributed by atoms with van der Waals surface area (Å²) in [6, 6.07) is 16.8. The average Bonchev–Trinajstić information content (AvgIpc) is 2.46. The van der Waals surface area contributed by atoms with E-state index in [2.05, 4.69) is 4.52 Å². The Morgan fingerprint density at radius 3 is 2.00 bits per heavy atom. The summed E-state index contributed by atoms with van der Waals surface area (Å²) in [6.07, 6.45) is 1.30. The monoisotopic (exact) mass is 304 g/mol. The van der Waals surface area contributed by atoms with Gasteiger partial charge in [-0.05, 0) is 11.6 Å². The van der Waals surface area contributed by atoms with Gasteiger partial charge in [0.2, 0.25) is 5.78 Å². The molecule has 0 aliphatic carbocycles. The highest BCUT2D eigenvalue weighted by atomic mass is 31.2. The molecule has 0 fully saturated rings. The summed E-state index contributed by atoms with van der Waals surface area (Å²) in [5.74, 6) is -0.997. The number of hydrogen-bond acceptors (Lipinski definition) is 3. The summed E-state index contributed by atoms with van der Waals surface area (Å²) in [5.41, 5.74) is 0.887. The van der Waals surface area contributed by atoms with E-state index < -0.39 is 19.4 Å². The van der Waals surface area contributed by atoms with Gasteiger partial charge in [-0.25, -0.2) is 4.57 Å². The lowest BCUT2D eigenvalue weighted by Gasteiger charge is -2.10. The first kappa shape index (κ1) is 15.2. The van der Waals surface area contributed by atoms with Crippen molar-refractivity contribution < 1.29 is 23.7 Å². The Morgan fingerprint density at radius 2 is 1.48 bits per heavy atom. The van der Waals surface area contributed by atoms with E-state index >= 15 is 0 Å². The minimum absolute atomic E-state index is 0.285. The number of phosphoric acid groups is 1. The highest BCUT2D eigenvalue weighted by molar-refractivity contribution is 7.46. The van der Waals surface area contributed by atoms with E-state index in [4.69, 9.17) is 9.79 Å². The maximum Gasteiger partial charge on any atom is 0.524 e. The van der Waals surface area contributed by atoms with E-state index in [1.54, 1.807) is 60.7 Å². The molecule has 5 nitrogen and oxygen atoms in total. The maximum absolute atomic E-state index is 12.3. The van der Waals surface area contributed by atoms with Gasteiger partial charge in [0.15, 0.2) is 5.76 Å². The Kier molecular flexibility index (Phi) is 4.70. The van der Waals surface area contributed by atoms with Crippen molar-refractivity contribution in [1.82, 2.24) is 0 Å². The number of carbonyl (C=O) groups excluding carboxylic acids is 1. The zero-order valence-electron chi connectivity index (χ0n) is 10.9. The lowest BCUT2D eigenvalue weighted by molar-refractivity contribution is 0.0970. The molecule has 2 aromatic rings. The van der Waals surface area contributed by atoms with Crippen molar-refractivity contribution in [1.29, 1.82) is 0 Å². The van der Waals surface area contributed by atoms with Gasteiger partial charge >= 0.3 is 7.82 Å². The van der Waals surface area contributed by atoms with Crippen molar-refractivity contribution in [3.05, 3.63) is 77.5 Å². The van der Waals surface area contributed by atoms with Gasteiger partial charge in [0, 0.05) is 5.56 Å². The van der Waals surface area contributed by atoms with Crippen LogP contribution in [0.25, 0.3) is 6.08 Å². The van der Waals surface area contributed by atoms with Gasteiger partial charge in [-0.1, -0.05) is 60.7 Å². The van der Waals surface area contributed by atoms with Crippen LogP contribution in [-0.4, -0.2) is 15.6 Å². The van der Waals surface area contributed by atoms with E-state index in [1.165, 1.54) is 6.08 Å². The number of phosphoric ester groups is 1. The number of allylic oxidation sites excluding steroid dienone is 1. The number of benzene rings is 2. The molecule has 2 aromatic carbocycles. The zero-order chi connectivity index (χ0) is 15.3. The highest BCUT2D eigenvalue weighted by Gasteiger charge is 2.23. The number of rotatable bonds is 5. The first-order chi connectivity index (χ1) is 9.96. The van der Waals surface area contributed by atoms with E-state index in [0.29, 0.717) is 5.56 Å². The van der Waals surface area contributed by atoms with Crippen molar-refractivity contribution in [2.75, 3.05) is 0 Å². The molecule has 0 aromatic heterocycles. The second kappa shape index (κ2) is 6.50. The molecule has 0 amide bonds. The maximum atomic E-state index is 12.3. The first-order valence-corrected chi connectivity index (χ1v) is 7.60. The Labute approximate surface area is 121 Å². The van der Waals surface area contributed by atoms with Gasteiger partial charge in [0.25, 0.3) is 0 Å². The topological polar surface area (TPSA) is 83.8 Å². The molecule has 21 heavy (non-hydrogen) atoms. The van der Waals surface area contributed by atoms with E-state index in [0.717, 1.165) is 0 Å². The molecule has 0 saturated heterocycles. The normalized spacial score (nSPS) is 12.0. The van der Waals surface area contributed by atoms with Gasteiger partial charge in [0.05, 0.1) is 0 Å². The molecule has 0 unspecified atom stereocenters. The van der Waals surface area contributed by atoms with Crippen LogP contribution in [0.4, 0.5) is 0 Å². The first-order valence-electron chi connectivity index (χ1n) is 6.07. The Morgan fingerprint density at radius 1 is 0.952 bits per heavy atom. The Balaban J connectivity index is 2.40. The smallest absolute Gasteiger partial charge is 0.400 e. The fourth-order valence-corrected chi connectivity index (χ4v) is 2.09. The minimum atomic E-state index is -4.82. The predicted molar refractivity (Wildman–Crippen MR) is 78.3 cm³/mol. The molecule has 0 saturated carbocycles. The molecule has 0 spiro atoms. The fourth-order valence-electron chi connectivity index (χ4n) is 1.69. The van der Waals surface area contributed by atoms with Crippen LogP contribution in [-0.2, 0) is 9.09 Å². The molecule has 0 aliphatic rings. The Bertz CT molecular complexity index is 689. The summed E-state index contributed by atoms with van der Waals surface area (Å²) < 4.78 is 15.6. The van der Waals surface area contributed by atoms with Gasteiger partial charge < -0.3 is 4.52 Å². The molecule has 0 aliphatic heterocycles. The summed E-state index contributed by atoms with van der Waals surface area (Å²) in [4.78, 5) is 30.2. The molecule has 108 valence electrons. The van der Waals surface area contributed by atoms with Crippen molar-refractivity contribution in [3.8, 4) is 0 Å². The van der Waals surface area contributed by atoms with Crippen LogP contribution in [0.3, 0.4) is 0 Å². The van der Waals surface area contributed by atoms with Crippen LogP contribution in [0.2, 0.25) is 0 Å². The van der Waals surface area contributed by atoms with Gasteiger partial charge in [-0.2, -0.15) is 0 Å². The molecule has 6 heteroatoms. The van der Waals surface area contributed by atoms with Crippen LogP contribution >= 0.6 is 7.82 Å². The fraction of sp³-hybridized carbons (Fsp3) is 0. The highest BCUT2D eigenvalue weighted by Crippen LogP contribution is 2.40. The van der Waals surface area contributed by atoms with E-state index in [9.17, 15) is 9.36 Å². The largest absolute Gasteiger partial charge is 0.524 e. The second-order valence-corrected chi connectivity index (χ2v) is 5.36. The summed E-state index contributed by atoms with van der Waals surface area (Å²) in [6.45, 7) is 0. The van der Waals surface area contributed by atoms with Crippen LogP contribution in [0.5, 0.6) is 0 Å². The standard InChI is InChI=1S/C15H13O5P/c16-15(13-9-5-2-6-10-13)14(20-21(17,18)19)11-12-7-3-1-4-8-12/h1-11H,(H2,17,18,19). The SMILES string of the molecule is O=C(C(=Cc1ccccc1)OP(=O)(O)O)c1ccccc1. The number of ketones is 1. The van der Waals surface area contributed by atoms with Gasteiger partial charge in [0.1, 0.15) is 0 Å². The quantitative estimate of drug-likeness (QED) is 0.384. The molecule has 0 heterocycles. The third-order valence-corrected chi connectivity index (χ3v) is 3.01. The molecule has 2 rings (SSSR count). The van der Waals surface area contributed by atoms with Crippen molar-refractivity contribution in [2.45, 2.75) is 0 Å². The van der Waals surface area contributed by atoms with Crippen LogP contribution < -0.4 is 0 Å². The van der Waals surface area contributed by atoms with Crippen molar-refractivity contribution >= 4 is 19.7 Å². The van der Waals surface area contributed by atoms with Gasteiger partial charge in [-0.15, -0.1) is 0 Å². The lowest BCUT2D eigenvalue weighted by Crippen LogP contribution is -2.06. The van der Waals surface area contributed by atoms with Crippen molar-refractivity contribution in [3.63, 3.8) is 0 Å². The third kappa shape index (κ3) is 4.68. The summed E-state index contributed by atoms with van der Waals surface area (Å²) in [5, 5.41) is 0. The molecule has 2 N–H and O–H groups in total. The zero-order valence-corrected chi connectivity index (χ0v) is 11.8. The van der Waals surface area contributed by atoms with Crippen molar-refractivity contribution in [2.24, 2.45) is 0 Å². The van der Waals surface area contributed by atoms with Gasteiger partial charge in [-0.3, -0.25) is 14.6 Å². The molecular weight excluding hydrogens is 291 g/mol. The molecule has 0 atom stereocenters. The molecule has 0 bridgehead atoms. The van der Waals surface area contributed by atoms with E-state index in [1.807, 2.05) is 0 Å². The van der Waals surface area contributed by atoms with Crippen LogP contribution in [0.15, 0.2) is 66.4 Å². The van der Waals surface area contributed by atoms with E-state index in [-0.39, 0.29) is 5.56 Å². The van der Waals surface area contributed by atoms with Crippen LogP contribution in [0.1, 0.15) is 15.9 Å². The second-order valence-electron chi connectivity index (χ2n) is 4.20. The third-order valence-electron chi connectivity index (χ3n) is 2.57. The lowest BCUT2D eigenvalue weighted by atomic mass is 10.1. The average molecular weight is 304 g/mol. The number of Topliss-reactive ketones (excluding diaryl/α,β-unsaturated/α-hetero) is 1. The molecular formula is C15H13O5P. The number of hydrogen-bond donors (Lipinski definition) is 2. The summed E-state index contributed by atoms with van der Waals surface area (Å²) >= 11 is 0. The van der Waals surface area contributed by atoms with Crippen LogP contribution in [0, 0.1) is 0 Å². The summed E-state index contributed by atoms with van der Waals surface area (Å²) in [7, 11) is -4.82. The minimum Gasteiger partial charge on any atom is -0.400 e. The number of carbonyl (C=O) groups is 1. The molecule has 0 radical (unpaired) electrons. The predicted octanol–water partition coefficient (Wildman–Crippen LogP) is 3.02. The Hall–Kier alpha value is -2.20.